The first kappa shape index (κ1) is 10.4. The fraction of sp³-hybridized carbons (Fsp3) is 0.455. The lowest BCUT2D eigenvalue weighted by Gasteiger charge is -2.12. The largest absolute Gasteiger partial charge is 0.454 e. The van der Waals surface area contributed by atoms with Crippen LogP contribution in [0.15, 0.2) is 10.5 Å². The second kappa shape index (κ2) is 3.34. The normalized spacial score (nSPS) is 19.9. The first-order valence-electron chi connectivity index (χ1n) is 5.14. The topological polar surface area (TPSA) is 44.5 Å². The van der Waals surface area contributed by atoms with Crippen molar-refractivity contribution in [2.24, 2.45) is 5.73 Å². The molecule has 1 aromatic carbocycles. The van der Waals surface area contributed by atoms with Crippen molar-refractivity contribution < 1.29 is 13.9 Å². The van der Waals surface area contributed by atoms with Crippen molar-refractivity contribution in [2.75, 3.05) is 6.79 Å². The molecule has 1 aliphatic heterocycles. The summed E-state index contributed by atoms with van der Waals surface area (Å²) in [4.78, 5) is 0. The van der Waals surface area contributed by atoms with Crippen LogP contribution in [0.3, 0.4) is 0 Å². The summed E-state index contributed by atoms with van der Waals surface area (Å²) >= 11 is 3.18. The van der Waals surface area contributed by atoms with E-state index in [1.807, 2.05) is 0 Å². The van der Waals surface area contributed by atoms with Crippen LogP contribution in [0.4, 0.5) is 4.39 Å². The zero-order valence-electron chi connectivity index (χ0n) is 8.56. The molecule has 0 bridgehead atoms. The Morgan fingerprint density at radius 3 is 2.88 bits per heavy atom. The summed E-state index contributed by atoms with van der Waals surface area (Å²) in [5.41, 5.74) is 6.29. The van der Waals surface area contributed by atoms with Gasteiger partial charge in [-0.05, 0) is 35.2 Å². The van der Waals surface area contributed by atoms with Gasteiger partial charge >= 0.3 is 0 Å². The van der Waals surface area contributed by atoms with Crippen molar-refractivity contribution in [3.05, 3.63) is 21.9 Å². The van der Waals surface area contributed by atoms with Crippen molar-refractivity contribution in [3.8, 4) is 11.5 Å². The summed E-state index contributed by atoms with van der Waals surface area (Å²) in [7, 11) is 0. The molecule has 0 spiro atoms. The molecule has 0 unspecified atom stereocenters. The third-order valence-corrected chi connectivity index (χ3v) is 3.65. The van der Waals surface area contributed by atoms with E-state index in [-0.39, 0.29) is 18.1 Å². The highest BCUT2D eigenvalue weighted by molar-refractivity contribution is 9.10. The summed E-state index contributed by atoms with van der Waals surface area (Å²) in [6, 6.07) is 1.59. The number of ether oxygens (including phenoxy) is 2. The van der Waals surface area contributed by atoms with Crippen LogP contribution in [0.5, 0.6) is 11.5 Å². The second-order valence-corrected chi connectivity index (χ2v) is 5.28. The summed E-state index contributed by atoms with van der Waals surface area (Å²) in [5.74, 6) is 0.811. The lowest BCUT2D eigenvalue weighted by molar-refractivity contribution is 0.173. The molecule has 3 rings (SSSR count). The number of rotatable bonds is 2. The van der Waals surface area contributed by atoms with E-state index < -0.39 is 0 Å². The van der Waals surface area contributed by atoms with E-state index >= 15 is 0 Å². The number of hydrogen-bond acceptors (Lipinski definition) is 3. The Hall–Kier alpha value is -0.810. The Balaban J connectivity index is 2.07. The average Bonchev–Trinajstić information content (AvgIpc) is 2.77. The minimum Gasteiger partial charge on any atom is -0.454 e. The molecule has 1 fully saturated rings. The maximum Gasteiger partial charge on any atom is 0.231 e. The van der Waals surface area contributed by atoms with Crippen LogP contribution in [0.25, 0.3) is 0 Å². The number of hydrogen-bond donors (Lipinski definition) is 1. The van der Waals surface area contributed by atoms with E-state index in [1.165, 1.54) is 0 Å². The summed E-state index contributed by atoms with van der Waals surface area (Å²) < 4.78 is 24.9. The molecule has 2 N–H and O–H groups in total. The summed E-state index contributed by atoms with van der Waals surface area (Å²) in [6.07, 6.45) is 2.38. The molecule has 1 saturated carbocycles. The fourth-order valence-corrected chi connectivity index (χ4v) is 2.35. The van der Waals surface area contributed by atoms with Gasteiger partial charge in [0.25, 0.3) is 0 Å². The number of benzene rings is 1. The zero-order valence-corrected chi connectivity index (χ0v) is 10.1. The molecule has 1 heterocycles. The van der Waals surface area contributed by atoms with Crippen molar-refractivity contribution >= 4 is 15.9 Å². The molecule has 0 radical (unpaired) electrons. The maximum absolute atomic E-state index is 14.0. The third kappa shape index (κ3) is 1.58. The molecular formula is C11H11BrFNO2. The molecule has 0 aromatic heterocycles. The summed E-state index contributed by atoms with van der Waals surface area (Å²) in [5, 5.41) is 0. The monoisotopic (exact) mass is 287 g/mol. The van der Waals surface area contributed by atoms with Gasteiger partial charge in [-0.1, -0.05) is 0 Å². The highest BCUT2D eigenvalue weighted by Crippen LogP contribution is 2.45. The van der Waals surface area contributed by atoms with Crippen LogP contribution in [0, 0.1) is 5.82 Å². The Kier molecular flexibility index (Phi) is 2.16. The van der Waals surface area contributed by atoms with Crippen LogP contribution < -0.4 is 15.2 Å². The van der Waals surface area contributed by atoms with Crippen LogP contribution in [0.2, 0.25) is 0 Å². The van der Waals surface area contributed by atoms with Crippen molar-refractivity contribution in [3.63, 3.8) is 0 Å². The van der Waals surface area contributed by atoms with Gasteiger partial charge in [0.15, 0.2) is 11.5 Å². The number of fused-ring (bicyclic) bond motifs is 1. The molecule has 0 amide bonds. The minimum absolute atomic E-state index is 0.149. The van der Waals surface area contributed by atoms with Gasteiger partial charge < -0.3 is 15.2 Å². The molecule has 16 heavy (non-hydrogen) atoms. The van der Waals surface area contributed by atoms with Gasteiger partial charge in [-0.15, -0.1) is 0 Å². The van der Waals surface area contributed by atoms with Gasteiger partial charge in [0.05, 0.1) is 4.47 Å². The van der Waals surface area contributed by atoms with Gasteiger partial charge in [0.2, 0.25) is 6.79 Å². The van der Waals surface area contributed by atoms with E-state index in [0.717, 1.165) is 12.8 Å². The molecule has 86 valence electrons. The lowest BCUT2D eigenvalue weighted by atomic mass is 10.0. The first-order valence-corrected chi connectivity index (χ1v) is 5.94. The molecular weight excluding hydrogens is 277 g/mol. The minimum atomic E-state index is -0.291. The Morgan fingerprint density at radius 2 is 2.19 bits per heavy atom. The molecule has 1 aromatic rings. The van der Waals surface area contributed by atoms with Crippen LogP contribution in [0.1, 0.15) is 18.4 Å². The van der Waals surface area contributed by atoms with Crippen LogP contribution in [-0.2, 0) is 6.42 Å². The smallest absolute Gasteiger partial charge is 0.231 e. The van der Waals surface area contributed by atoms with E-state index in [0.29, 0.717) is 28.0 Å². The summed E-state index contributed by atoms with van der Waals surface area (Å²) in [6.45, 7) is 0.149. The first-order chi connectivity index (χ1) is 7.59. The van der Waals surface area contributed by atoms with E-state index in [4.69, 9.17) is 15.2 Å². The molecule has 2 aliphatic rings. The zero-order chi connectivity index (χ0) is 11.3. The molecule has 0 saturated heterocycles. The highest BCUT2D eigenvalue weighted by atomic mass is 79.9. The van der Waals surface area contributed by atoms with Gasteiger partial charge in [-0.3, -0.25) is 0 Å². The molecule has 0 atom stereocenters. The van der Waals surface area contributed by atoms with E-state index in [9.17, 15) is 4.39 Å². The van der Waals surface area contributed by atoms with Crippen molar-refractivity contribution in [2.45, 2.75) is 24.8 Å². The maximum atomic E-state index is 14.0. The van der Waals surface area contributed by atoms with E-state index in [2.05, 4.69) is 15.9 Å². The van der Waals surface area contributed by atoms with Gasteiger partial charge in [0.1, 0.15) is 5.82 Å². The van der Waals surface area contributed by atoms with Crippen LogP contribution in [-0.4, -0.2) is 12.3 Å². The highest BCUT2D eigenvalue weighted by Gasteiger charge is 2.40. The quantitative estimate of drug-likeness (QED) is 0.908. The molecule has 3 nitrogen and oxygen atoms in total. The van der Waals surface area contributed by atoms with E-state index in [1.54, 1.807) is 6.07 Å². The molecule has 1 aliphatic carbocycles. The second-order valence-electron chi connectivity index (χ2n) is 4.42. The SMILES string of the molecule is NC1(Cc2c(F)c(Br)cc3c2OCO3)CC1. The predicted octanol–water partition coefficient (Wildman–Crippen LogP) is 2.35. The Labute approximate surface area is 101 Å². The predicted molar refractivity (Wildman–Crippen MR) is 60.1 cm³/mol. The third-order valence-electron chi connectivity index (χ3n) is 3.07. The lowest BCUT2D eigenvalue weighted by Crippen LogP contribution is -2.25. The van der Waals surface area contributed by atoms with Crippen molar-refractivity contribution in [1.29, 1.82) is 0 Å². The Morgan fingerprint density at radius 1 is 1.44 bits per heavy atom. The molecule has 5 heteroatoms. The van der Waals surface area contributed by atoms with Gasteiger partial charge in [-0.25, -0.2) is 4.39 Å². The standard InChI is InChI=1S/C11H11BrFNO2/c12-7-3-8-10(16-5-15-8)6(9(7)13)4-11(14)1-2-11/h3H,1-2,4-5,14H2. The average molecular weight is 288 g/mol. The van der Waals surface area contributed by atoms with Crippen LogP contribution >= 0.6 is 15.9 Å². The number of halogens is 2. The fourth-order valence-electron chi connectivity index (χ4n) is 1.90. The van der Waals surface area contributed by atoms with Gasteiger partial charge in [0, 0.05) is 17.2 Å². The van der Waals surface area contributed by atoms with Crippen molar-refractivity contribution in [1.82, 2.24) is 0 Å². The Bertz CT molecular complexity index is 460. The number of nitrogens with two attached hydrogens (primary N) is 1. The van der Waals surface area contributed by atoms with Gasteiger partial charge in [-0.2, -0.15) is 0 Å².